The molecule has 0 spiro atoms. The van der Waals surface area contributed by atoms with E-state index in [2.05, 4.69) is 44.8 Å². The predicted octanol–water partition coefficient (Wildman–Crippen LogP) is 7.24. The largest absolute Gasteiger partial charge is 0.478 e. The second-order valence-corrected chi connectivity index (χ2v) is 23.5. The van der Waals surface area contributed by atoms with Gasteiger partial charge in [0.15, 0.2) is 0 Å². The average molecular weight is 1160 g/mol. The minimum Gasteiger partial charge on any atom is -0.478 e. The lowest BCUT2D eigenvalue weighted by Crippen LogP contribution is -2.47. The van der Waals surface area contributed by atoms with Crippen molar-refractivity contribution < 1.29 is 78.9 Å². The van der Waals surface area contributed by atoms with Gasteiger partial charge in [-0.25, -0.2) is 13.8 Å². The summed E-state index contributed by atoms with van der Waals surface area (Å²) in [5, 5.41) is 21.4. The van der Waals surface area contributed by atoms with Crippen LogP contribution in [0.2, 0.25) is 0 Å². The lowest BCUT2D eigenvalue weighted by atomic mass is 9.68. The number of carbonyl (C=O) groups is 12. The summed E-state index contributed by atoms with van der Waals surface area (Å²) < 4.78 is 13.8. The highest BCUT2D eigenvalue weighted by molar-refractivity contribution is 8.26. The molecule has 412 valence electrons. The molecule has 3 aromatic carbocycles. The van der Waals surface area contributed by atoms with Gasteiger partial charge in [0.2, 0.25) is 62.4 Å². The second kappa shape index (κ2) is 24.5. The van der Waals surface area contributed by atoms with E-state index < -0.39 is 117 Å². The molecular weight excluding hydrogens is 1110 g/mol. The van der Waals surface area contributed by atoms with Crippen molar-refractivity contribution in [1.29, 1.82) is 0 Å². The molecule has 9 rings (SSSR count). The van der Waals surface area contributed by atoms with Gasteiger partial charge in [0.1, 0.15) is 16.2 Å². The van der Waals surface area contributed by atoms with E-state index in [4.69, 9.17) is 50.3 Å². The number of nitrogens with two attached hydrogens (primary N) is 1. The smallest absolute Gasteiger partial charge is 0.335 e. The lowest BCUT2D eigenvalue weighted by Gasteiger charge is -2.33. The van der Waals surface area contributed by atoms with Crippen LogP contribution in [0.3, 0.4) is 0 Å². The zero-order valence-electron chi connectivity index (χ0n) is 43.2. The summed E-state index contributed by atoms with van der Waals surface area (Å²) in [5.41, 5.74) is 7.87. The van der Waals surface area contributed by atoms with Gasteiger partial charge in [-0.05, 0) is 151 Å². The maximum Gasteiger partial charge on any atom is 0.335 e. The molecule has 77 heavy (non-hydrogen) atoms. The van der Waals surface area contributed by atoms with Crippen molar-refractivity contribution in [1.82, 2.24) is 0 Å². The van der Waals surface area contributed by atoms with E-state index in [1.807, 2.05) is 13.8 Å². The summed E-state index contributed by atoms with van der Waals surface area (Å²) in [4.78, 5) is 141. The molecule has 0 aliphatic heterocycles. The predicted molar refractivity (Wildman–Crippen MR) is 286 cm³/mol. The van der Waals surface area contributed by atoms with Crippen LogP contribution in [-0.4, -0.2) is 88.8 Å². The van der Waals surface area contributed by atoms with Gasteiger partial charge in [-0.1, -0.05) is 41.5 Å². The first kappa shape index (κ1) is 63.1. The van der Waals surface area contributed by atoms with Crippen LogP contribution < -0.4 is 16.4 Å². The number of benzene rings is 3. The normalized spacial score (nSPS) is 25.6. The number of fused-ring (bicyclic) bond motifs is 6. The number of halogens is 4. The number of aromatic carboxylic acids is 2. The number of ketones is 6. The molecular formula is C53H55Cl4N3O16S. The van der Waals surface area contributed by atoms with E-state index in [1.165, 1.54) is 48.5 Å². The third-order valence-electron chi connectivity index (χ3n) is 16.1. The van der Waals surface area contributed by atoms with Crippen molar-refractivity contribution in [2.75, 3.05) is 16.4 Å². The molecule has 6 saturated carbocycles. The van der Waals surface area contributed by atoms with Gasteiger partial charge in [0.25, 0.3) is 5.24 Å². The summed E-state index contributed by atoms with van der Waals surface area (Å²) in [6.45, 7) is 10.8. The number of amides is 2. The molecule has 6 fully saturated rings. The number of anilines is 3. The number of hydrogen-bond donors (Lipinski definition) is 5. The minimum atomic E-state index is -1.67. The molecule has 19 nitrogen and oxygen atoms in total. The molecule has 0 aromatic heterocycles. The third-order valence-corrected chi connectivity index (χ3v) is 16.7. The van der Waals surface area contributed by atoms with Crippen molar-refractivity contribution >= 4 is 140 Å². The molecule has 24 heteroatoms. The summed E-state index contributed by atoms with van der Waals surface area (Å²) in [6.07, 6.45) is 10.9. The first-order valence-corrected chi connectivity index (χ1v) is 26.7. The molecule has 6 atom stereocenters. The van der Waals surface area contributed by atoms with Crippen LogP contribution in [0.25, 0.3) is 0 Å². The highest BCUT2D eigenvalue weighted by Gasteiger charge is 2.74. The van der Waals surface area contributed by atoms with Gasteiger partial charge in [-0.2, -0.15) is 0 Å². The number of carboxylic acids is 2. The molecule has 8 N–H and O–H groups in total. The fourth-order valence-electron chi connectivity index (χ4n) is 11.7. The van der Waals surface area contributed by atoms with Gasteiger partial charge in [-0.15, -0.1) is 12.8 Å². The first-order chi connectivity index (χ1) is 36.2. The number of carboxylic acid groups (broad SMARTS) is 2. The van der Waals surface area contributed by atoms with Crippen molar-refractivity contribution in [3.05, 3.63) is 89.5 Å². The molecule has 2 amide bonds. The van der Waals surface area contributed by atoms with Gasteiger partial charge < -0.3 is 32.1 Å². The summed E-state index contributed by atoms with van der Waals surface area (Å²) in [5.74, 6) is -7.04. The molecule has 0 heterocycles. The van der Waals surface area contributed by atoms with Gasteiger partial charge in [0.05, 0.1) is 11.1 Å². The van der Waals surface area contributed by atoms with E-state index in [-0.39, 0.29) is 23.0 Å². The molecule has 3 aromatic rings. The number of rotatable bonds is 8. The number of carbonyl (C=O) groups excluding carboxylic acids is 10. The molecule has 6 aliphatic carbocycles. The van der Waals surface area contributed by atoms with Crippen LogP contribution >= 0.6 is 44.6 Å². The Hall–Kier alpha value is -6.47. The van der Waals surface area contributed by atoms with Crippen LogP contribution in [0.15, 0.2) is 72.8 Å². The molecule has 6 unspecified atom stereocenters. The third kappa shape index (κ3) is 11.4. The zero-order chi connectivity index (χ0) is 59.8. The van der Waals surface area contributed by atoms with E-state index in [0.717, 1.165) is 0 Å². The number of hydrogen-bond acceptors (Lipinski definition) is 14. The van der Waals surface area contributed by atoms with Crippen LogP contribution in [0.5, 0.6) is 0 Å². The summed E-state index contributed by atoms with van der Waals surface area (Å²) in [6, 6.07) is 17.8. The zero-order valence-corrected chi connectivity index (χ0v) is 46.0. The Labute approximate surface area is 465 Å². The van der Waals surface area contributed by atoms with Gasteiger partial charge in [-0.3, -0.25) is 47.9 Å². The van der Waals surface area contributed by atoms with Gasteiger partial charge in [0, 0.05) is 61.7 Å². The summed E-state index contributed by atoms with van der Waals surface area (Å²) >= 11 is 10.9. The maximum absolute atomic E-state index is 12.8. The summed E-state index contributed by atoms with van der Waals surface area (Å²) in [7, 11) is 7.36. The second-order valence-electron chi connectivity index (χ2n) is 20.3. The first-order valence-electron chi connectivity index (χ1n) is 23.6. The fraction of sp³-hybridized carbons (Fsp3) is 0.396. The fourth-order valence-corrected chi connectivity index (χ4v) is 12.2. The van der Waals surface area contributed by atoms with Crippen molar-refractivity contribution in [2.24, 2.45) is 50.2 Å². The minimum absolute atomic E-state index is 0.106. The Balaban J connectivity index is 0.000000271. The topological polar surface area (TPSA) is 344 Å². The highest BCUT2D eigenvalue weighted by Crippen LogP contribution is 2.65. The number of terminal acetylenes is 1. The van der Waals surface area contributed by atoms with Crippen LogP contribution in [0.1, 0.15) is 113 Å². The Morgan fingerprint density at radius 3 is 1.05 bits per heavy atom. The highest BCUT2D eigenvalue weighted by atomic mass is 36.0. The maximum atomic E-state index is 12.8. The molecule has 0 saturated heterocycles. The molecule has 6 aliphatic rings. The SMILES string of the molecule is C#C.CC1(C)C2CCC1(C(=O)Cl)C(=O)C2=O.CC1(C)C2CCC1(C(=O)Nc1ccc(C(=O)Cl)cc1)C(=O)C2=O.CC1(C)C2CCC1(C(=O)Nc1ccc(C(=O)O)cc1)C(=O)C2=O.Nc1ccc(C(=O)O)cc1.O=S(Cl)Cl.[2H]O. The molecule has 6 bridgehead atoms. The Morgan fingerprint density at radius 2 is 0.818 bits per heavy atom. The number of nitrogens with one attached hydrogen (secondary N) is 2. The van der Waals surface area contributed by atoms with E-state index in [1.54, 1.807) is 52.0 Å². The van der Waals surface area contributed by atoms with Crippen LogP contribution in [0.4, 0.5) is 17.1 Å². The van der Waals surface area contributed by atoms with E-state index in [9.17, 15) is 57.5 Å². The Morgan fingerprint density at radius 1 is 0.558 bits per heavy atom. The number of Topliss-reactive ketones (excluding diaryl/α,β-unsaturated/α-hetero) is 6. The van der Waals surface area contributed by atoms with E-state index >= 15 is 0 Å². The van der Waals surface area contributed by atoms with Crippen LogP contribution in [-0.2, 0) is 52.4 Å². The monoisotopic (exact) mass is 1160 g/mol. The van der Waals surface area contributed by atoms with E-state index in [0.29, 0.717) is 61.2 Å². The molecule has 0 radical (unpaired) electrons. The average Bonchev–Trinajstić information content (AvgIpc) is 4.05. The Kier molecular flexibility index (Phi) is 20.0. The Bertz CT molecular complexity index is 2850. The standard InChI is InChI=1S/C17H16ClNO4.C17H17NO5.C10H11ClO3.C7H7NO2.C2H2.Cl2OS.H2O/c1-16(2)11-7-8-17(16,13(21)12(11)20)15(23)19-10-5-3-9(4-6-10)14(18)22;1-16(2)11-7-8-17(16,13(20)12(11)19)15(23)18-10-5-3-9(4-6-10)14(21)22;1-9(2)5-3-4-10(9,8(11)14)7(13)6(5)12;8-6-3-1-5(2-4-6)7(9)10;1-2;1-4(2)3;/h3-6,11H,7-8H2,1-2H3,(H,19,23);3-6,11H,7-8H2,1-2H3,(H,18,23)(H,21,22);5H,3-4H2,1-2H3;1-4H,8H2,(H,9,10);1-2H;;1H2/i/hD. The van der Waals surface area contributed by atoms with Crippen molar-refractivity contribution in [3.8, 4) is 12.8 Å². The van der Waals surface area contributed by atoms with Crippen molar-refractivity contribution in [2.45, 2.75) is 80.1 Å². The van der Waals surface area contributed by atoms with Crippen molar-refractivity contribution in [3.63, 3.8) is 0 Å². The number of nitrogen functional groups attached to an aromatic ring is 1. The quantitative estimate of drug-likeness (QED) is 0.0488. The van der Waals surface area contributed by atoms with Crippen LogP contribution in [0, 0.1) is 63.1 Å². The van der Waals surface area contributed by atoms with Gasteiger partial charge >= 0.3 is 11.9 Å². The lowest BCUT2D eigenvalue weighted by molar-refractivity contribution is -0.147.